The zero-order valence-electron chi connectivity index (χ0n) is 13.6. The first-order valence-corrected chi connectivity index (χ1v) is 8.29. The van der Waals surface area contributed by atoms with Gasteiger partial charge in [0, 0.05) is 5.56 Å². The van der Waals surface area contributed by atoms with Crippen molar-refractivity contribution in [3.63, 3.8) is 0 Å². The number of aromatic nitrogens is 1. The fourth-order valence-corrected chi connectivity index (χ4v) is 3.34. The Hall–Kier alpha value is -3.17. The lowest BCUT2D eigenvalue weighted by atomic mass is 9.97. The molecule has 3 rings (SSSR count). The van der Waals surface area contributed by atoms with Gasteiger partial charge in [0.25, 0.3) is 0 Å². The predicted octanol–water partition coefficient (Wildman–Crippen LogP) is 5.02. The van der Waals surface area contributed by atoms with Crippen molar-refractivity contribution < 1.29 is 14.6 Å². The molecular formula is C19H14N2O3S. The molecule has 0 saturated carbocycles. The summed E-state index contributed by atoms with van der Waals surface area (Å²) in [4.78, 5) is 15.1. The normalized spacial score (nSPS) is 10.3. The smallest absolute Gasteiger partial charge is 0.449 e. The molecule has 0 unspecified atom stereocenters. The van der Waals surface area contributed by atoms with Crippen molar-refractivity contribution >= 4 is 17.5 Å². The van der Waals surface area contributed by atoms with Crippen LogP contribution < -0.4 is 4.74 Å². The van der Waals surface area contributed by atoms with Crippen LogP contribution in [0.5, 0.6) is 5.06 Å². The summed E-state index contributed by atoms with van der Waals surface area (Å²) in [5, 5.41) is 19.1. The van der Waals surface area contributed by atoms with Gasteiger partial charge in [0.2, 0.25) is 5.06 Å². The Morgan fingerprint density at radius 1 is 1.16 bits per heavy atom. The van der Waals surface area contributed by atoms with Crippen LogP contribution in [0, 0.1) is 25.2 Å². The molecule has 3 aromatic rings. The van der Waals surface area contributed by atoms with Gasteiger partial charge in [-0.05, 0) is 31.0 Å². The third kappa shape index (κ3) is 3.52. The zero-order chi connectivity index (χ0) is 18.0. The van der Waals surface area contributed by atoms with Gasteiger partial charge in [0.15, 0.2) is 0 Å². The highest BCUT2D eigenvalue weighted by atomic mass is 32.1. The lowest BCUT2D eigenvalue weighted by Gasteiger charge is -2.06. The van der Waals surface area contributed by atoms with Crippen molar-refractivity contribution in [2.75, 3.05) is 0 Å². The fraction of sp³-hybridized carbons (Fsp3) is 0.105. The number of nitriles is 1. The standard InChI is InChI=1S/C19H14N2O3S/c1-11-3-5-13(6-4-11)16-8-7-14(9-15(16)10-20)17-21-12(2)18(25-17)24-19(22)23/h3-9H,1-2H3,(H,22,23). The van der Waals surface area contributed by atoms with E-state index in [1.165, 1.54) is 0 Å². The number of rotatable bonds is 3. The van der Waals surface area contributed by atoms with Crippen LogP contribution in [0.25, 0.3) is 21.7 Å². The average Bonchev–Trinajstić information content (AvgIpc) is 2.95. The monoisotopic (exact) mass is 350 g/mol. The summed E-state index contributed by atoms with van der Waals surface area (Å²) in [6.45, 7) is 3.70. The predicted molar refractivity (Wildman–Crippen MR) is 95.8 cm³/mol. The third-order valence-electron chi connectivity index (χ3n) is 3.68. The summed E-state index contributed by atoms with van der Waals surface area (Å²) in [5.41, 5.74) is 4.77. The number of carboxylic acid groups (broad SMARTS) is 1. The van der Waals surface area contributed by atoms with Crippen molar-refractivity contribution in [3.05, 3.63) is 59.3 Å². The van der Waals surface area contributed by atoms with Crippen LogP contribution in [0.3, 0.4) is 0 Å². The van der Waals surface area contributed by atoms with E-state index in [1.54, 1.807) is 13.0 Å². The number of hydrogen-bond donors (Lipinski definition) is 1. The molecule has 6 heteroatoms. The SMILES string of the molecule is Cc1ccc(-c2ccc(-c3nc(C)c(OC(=O)O)s3)cc2C#N)cc1. The first-order chi connectivity index (χ1) is 12.0. The van der Waals surface area contributed by atoms with Crippen molar-refractivity contribution in [2.24, 2.45) is 0 Å². The van der Waals surface area contributed by atoms with E-state index < -0.39 is 6.16 Å². The summed E-state index contributed by atoms with van der Waals surface area (Å²) < 4.78 is 4.72. The van der Waals surface area contributed by atoms with Crippen LogP contribution in [0.2, 0.25) is 0 Å². The molecule has 1 heterocycles. The van der Waals surface area contributed by atoms with Crippen LogP contribution in [-0.2, 0) is 0 Å². The summed E-state index contributed by atoms with van der Waals surface area (Å²) in [7, 11) is 0. The summed E-state index contributed by atoms with van der Waals surface area (Å²) in [5.74, 6) is 0. The van der Waals surface area contributed by atoms with Gasteiger partial charge >= 0.3 is 6.16 Å². The van der Waals surface area contributed by atoms with Gasteiger partial charge in [-0.25, -0.2) is 9.78 Å². The molecule has 1 aromatic heterocycles. The number of hydrogen-bond acceptors (Lipinski definition) is 5. The van der Waals surface area contributed by atoms with Crippen molar-refractivity contribution in [3.8, 4) is 32.8 Å². The maximum Gasteiger partial charge on any atom is 0.512 e. The molecule has 124 valence electrons. The Labute approximate surface area is 148 Å². The Morgan fingerprint density at radius 2 is 1.84 bits per heavy atom. The molecule has 25 heavy (non-hydrogen) atoms. The largest absolute Gasteiger partial charge is 0.512 e. The van der Waals surface area contributed by atoms with Gasteiger partial charge in [-0.3, -0.25) is 0 Å². The fourth-order valence-electron chi connectivity index (χ4n) is 2.43. The number of benzene rings is 2. The summed E-state index contributed by atoms with van der Waals surface area (Å²) in [6, 6.07) is 15.7. The van der Waals surface area contributed by atoms with E-state index >= 15 is 0 Å². The van der Waals surface area contributed by atoms with Crippen molar-refractivity contribution in [1.29, 1.82) is 5.26 Å². The highest BCUT2D eigenvalue weighted by Gasteiger charge is 2.15. The third-order valence-corrected chi connectivity index (χ3v) is 4.77. The topological polar surface area (TPSA) is 83.2 Å². The molecule has 0 radical (unpaired) electrons. The number of ether oxygens (including phenoxy) is 1. The van der Waals surface area contributed by atoms with E-state index in [9.17, 15) is 10.1 Å². The first kappa shape index (κ1) is 16.7. The lowest BCUT2D eigenvalue weighted by molar-refractivity contribution is 0.145. The minimum Gasteiger partial charge on any atom is -0.449 e. The first-order valence-electron chi connectivity index (χ1n) is 7.47. The second-order valence-electron chi connectivity index (χ2n) is 5.50. The molecule has 2 aromatic carbocycles. The van der Waals surface area contributed by atoms with E-state index in [0.29, 0.717) is 16.3 Å². The second kappa shape index (κ2) is 6.75. The minimum atomic E-state index is -1.37. The van der Waals surface area contributed by atoms with E-state index in [2.05, 4.69) is 11.1 Å². The molecule has 0 saturated heterocycles. The highest BCUT2D eigenvalue weighted by molar-refractivity contribution is 7.17. The zero-order valence-corrected chi connectivity index (χ0v) is 14.4. The summed E-state index contributed by atoms with van der Waals surface area (Å²) in [6.07, 6.45) is -1.37. The van der Waals surface area contributed by atoms with Crippen LogP contribution in [0.1, 0.15) is 16.8 Å². The Morgan fingerprint density at radius 3 is 2.48 bits per heavy atom. The van der Waals surface area contributed by atoms with Crippen LogP contribution >= 0.6 is 11.3 Å². The van der Waals surface area contributed by atoms with Gasteiger partial charge in [0.05, 0.1) is 17.3 Å². The van der Waals surface area contributed by atoms with Gasteiger partial charge in [-0.15, -0.1) is 0 Å². The van der Waals surface area contributed by atoms with Gasteiger partial charge in [-0.2, -0.15) is 5.26 Å². The second-order valence-corrected chi connectivity index (χ2v) is 6.46. The van der Waals surface area contributed by atoms with E-state index in [4.69, 9.17) is 9.84 Å². The van der Waals surface area contributed by atoms with E-state index in [1.807, 2.05) is 43.3 Å². The van der Waals surface area contributed by atoms with Crippen molar-refractivity contribution in [2.45, 2.75) is 13.8 Å². The Balaban J connectivity index is 2.01. The number of carbonyl (C=O) groups is 1. The maximum atomic E-state index is 10.7. The average molecular weight is 350 g/mol. The maximum absolute atomic E-state index is 10.7. The van der Waals surface area contributed by atoms with E-state index in [-0.39, 0.29) is 5.06 Å². The molecule has 5 nitrogen and oxygen atoms in total. The molecular weight excluding hydrogens is 336 g/mol. The molecule has 1 N–H and O–H groups in total. The minimum absolute atomic E-state index is 0.239. The van der Waals surface area contributed by atoms with Gasteiger partial charge in [0.1, 0.15) is 5.01 Å². The van der Waals surface area contributed by atoms with E-state index in [0.717, 1.165) is 33.6 Å². The number of aryl methyl sites for hydroxylation is 2. The lowest BCUT2D eigenvalue weighted by Crippen LogP contribution is -2.02. The molecule has 0 amide bonds. The quantitative estimate of drug-likeness (QED) is 0.670. The van der Waals surface area contributed by atoms with Gasteiger partial charge < -0.3 is 9.84 Å². The van der Waals surface area contributed by atoms with Crippen LogP contribution in [-0.4, -0.2) is 16.2 Å². The molecule has 0 bridgehead atoms. The molecule has 0 spiro atoms. The number of nitrogens with zero attached hydrogens (tertiary/aromatic N) is 2. The molecule has 0 aliphatic heterocycles. The van der Waals surface area contributed by atoms with Crippen LogP contribution in [0.4, 0.5) is 4.79 Å². The number of thiazole rings is 1. The van der Waals surface area contributed by atoms with Gasteiger partial charge in [-0.1, -0.05) is 53.3 Å². The van der Waals surface area contributed by atoms with Crippen molar-refractivity contribution in [1.82, 2.24) is 4.98 Å². The molecule has 0 fully saturated rings. The molecule has 0 aliphatic rings. The highest BCUT2D eigenvalue weighted by Crippen LogP contribution is 2.35. The Bertz CT molecular complexity index is 985. The summed E-state index contributed by atoms with van der Waals surface area (Å²) >= 11 is 1.14. The Kier molecular flexibility index (Phi) is 4.50. The molecule has 0 aliphatic carbocycles. The molecule has 0 atom stereocenters. The van der Waals surface area contributed by atoms with Crippen LogP contribution in [0.15, 0.2) is 42.5 Å².